The fourth-order valence-corrected chi connectivity index (χ4v) is 3.98. The van der Waals surface area contributed by atoms with Gasteiger partial charge in [-0.1, -0.05) is 36.0 Å². The normalized spacial score (nSPS) is 26.1. The summed E-state index contributed by atoms with van der Waals surface area (Å²) in [5.41, 5.74) is 0.583. The minimum absolute atomic E-state index is 0.0466. The average molecular weight is 341 g/mol. The van der Waals surface area contributed by atoms with E-state index in [-0.39, 0.29) is 11.9 Å². The predicted molar refractivity (Wildman–Crippen MR) is 90.8 cm³/mol. The second-order valence-electron chi connectivity index (χ2n) is 6.30. The highest BCUT2D eigenvalue weighted by Gasteiger charge is 2.32. The molecule has 0 spiro atoms. The molecule has 2 fully saturated rings. The monoisotopic (exact) mass is 340 g/mol. The minimum Gasteiger partial charge on any atom is -0.348 e. The SMILES string of the molecule is O=C(N[C@@H]1CCCC[C@@H]1N1CCCC1)c1ccc(Cl)c(Cl)c1. The Morgan fingerprint density at radius 1 is 1.05 bits per heavy atom. The lowest BCUT2D eigenvalue weighted by atomic mass is 9.89. The van der Waals surface area contributed by atoms with Crippen molar-refractivity contribution < 1.29 is 4.79 Å². The van der Waals surface area contributed by atoms with Gasteiger partial charge in [-0.15, -0.1) is 0 Å². The number of nitrogens with zero attached hydrogens (tertiary/aromatic N) is 1. The molecule has 2 atom stereocenters. The lowest BCUT2D eigenvalue weighted by Crippen LogP contribution is -2.52. The second-order valence-corrected chi connectivity index (χ2v) is 7.12. The number of carbonyl (C=O) groups is 1. The van der Waals surface area contributed by atoms with Gasteiger partial charge in [0.1, 0.15) is 0 Å². The van der Waals surface area contributed by atoms with Crippen LogP contribution in [0.1, 0.15) is 48.9 Å². The number of carbonyl (C=O) groups excluding carboxylic acids is 1. The summed E-state index contributed by atoms with van der Waals surface area (Å²) < 4.78 is 0. The van der Waals surface area contributed by atoms with Gasteiger partial charge in [-0.3, -0.25) is 9.69 Å². The molecular formula is C17H22Cl2N2O. The van der Waals surface area contributed by atoms with Crippen LogP contribution >= 0.6 is 23.2 Å². The Morgan fingerprint density at radius 3 is 2.50 bits per heavy atom. The number of benzene rings is 1. The molecule has 2 aliphatic rings. The van der Waals surface area contributed by atoms with Crippen molar-refractivity contribution in [3.05, 3.63) is 33.8 Å². The molecule has 1 aliphatic heterocycles. The van der Waals surface area contributed by atoms with Crippen LogP contribution in [-0.4, -0.2) is 36.0 Å². The average Bonchev–Trinajstić information content (AvgIpc) is 3.04. The molecule has 22 heavy (non-hydrogen) atoms. The molecule has 3 nitrogen and oxygen atoms in total. The van der Waals surface area contributed by atoms with Gasteiger partial charge in [0.05, 0.1) is 10.0 Å². The van der Waals surface area contributed by atoms with Crippen molar-refractivity contribution in [2.45, 2.75) is 50.6 Å². The largest absolute Gasteiger partial charge is 0.348 e. The lowest BCUT2D eigenvalue weighted by Gasteiger charge is -2.38. The summed E-state index contributed by atoms with van der Waals surface area (Å²) in [6.07, 6.45) is 7.27. The van der Waals surface area contributed by atoms with E-state index in [1.54, 1.807) is 18.2 Å². The molecular weight excluding hydrogens is 319 g/mol. The molecule has 0 bridgehead atoms. The van der Waals surface area contributed by atoms with E-state index < -0.39 is 0 Å². The Morgan fingerprint density at radius 2 is 1.77 bits per heavy atom. The molecule has 1 aromatic carbocycles. The molecule has 0 radical (unpaired) electrons. The third kappa shape index (κ3) is 3.58. The number of hydrogen-bond donors (Lipinski definition) is 1. The number of rotatable bonds is 3. The van der Waals surface area contributed by atoms with Crippen molar-refractivity contribution in [3.63, 3.8) is 0 Å². The molecule has 0 unspecified atom stereocenters. The van der Waals surface area contributed by atoms with E-state index in [0.29, 0.717) is 21.7 Å². The van der Waals surface area contributed by atoms with Gasteiger partial charge >= 0.3 is 0 Å². The molecule has 1 aliphatic carbocycles. The Hall–Kier alpha value is -0.770. The topological polar surface area (TPSA) is 32.3 Å². The van der Waals surface area contributed by atoms with E-state index in [4.69, 9.17) is 23.2 Å². The summed E-state index contributed by atoms with van der Waals surface area (Å²) >= 11 is 11.9. The number of likely N-dealkylation sites (tertiary alicyclic amines) is 1. The lowest BCUT2D eigenvalue weighted by molar-refractivity contribution is 0.0862. The molecule has 120 valence electrons. The van der Waals surface area contributed by atoms with Crippen LogP contribution in [0.5, 0.6) is 0 Å². The Kier molecular flexibility index (Phi) is 5.27. The maximum Gasteiger partial charge on any atom is 0.251 e. The molecule has 1 saturated heterocycles. The number of halogens is 2. The smallest absolute Gasteiger partial charge is 0.251 e. The Labute approximate surface area is 142 Å². The van der Waals surface area contributed by atoms with E-state index >= 15 is 0 Å². The van der Waals surface area contributed by atoms with Crippen molar-refractivity contribution in [3.8, 4) is 0 Å². The molecule has 1 saturated carbocycles. The summed E-state index contributed by atoms with van der Waals surface area (Å²) in [6, 6.07) is 5.79. The molecule has 3 rings (SSSR count). The summed E-state index contributed by atoms with van der Waals surface area (Å²) in [4.78, 5) is 15.1. The van der Waals surface area contributed by atoms with Gasteiger partial charge in [0.15, 0.2) is 0 Å². The van der Waals surface area contributed by atoms with Crippen LogP contribution < -0.4 is 5.32 Å². The summed E-state index contributed by atoms with van der Waals surface area (Å²) in [7, 11) is 0. The van der Waals surface area contributed by atoms with Crippen molar-refractivity contribution in [1.29, 1.82) is 0 Å². The van der Waals surface area contributed by atoms with Gasteiger partial charge in [-0.2, -0.15) is 0 Å². The minimum atomic E-state index is -0.0466. The quantitative estimate of drug-likeness (QED) is 0.897. The molecule has 0 aromatic heterocycles. The van der Waals surface area contributed by atoms with Gasteiger partial charge in [0, 0.05) is 17.6 Å². The van der Waals surface area contributed by atoms with Crippen molar-refractivity contribution in [2.24, 2.45) is 0 Å². The highest BCUT2D eigenvalue weighted by Crippen LogP contribution is 2.27. The van der Waals surface area contributed by atoms with Gasteiger partial charge in [-0.05, 0) is 57.0 Å². The zero-order valence-corrected chi connectivity index (χ0v) is 14.2. The van der Waals surface area contributed by atoms with Crippen LogP contribution in [0.25, 0.3) is 0 Å². The zero-order valence-electron chi connectivity index (χ0n) is 12.7. The first kappa shape index (κ1) is 16.1. The summed E-state index contributed by atoms with van der Waals surface area (Å²) in [6.45, 7) is 2.34. The Balaban J connectivity index is 1.69. The van der Waals surface area contributed by atoms with E-state index in [1.807, 2.05) is 0 Å². The van der Waals surface area contributed by atoms with Crippen LogP contribution in [0.15, 0.2) is 18.2 Å². The van der Waals surface area contributed by atoms with Crippen LogP contribution in [0.4, 0.5) is 0 Å². The molecule has 1 heterocycles. The van der Waals surface area contributed by atoms with Gasteiger partial charge < -0.3 is 5.32 Å². The first-order valence-corrected chi connectivity index (χ1v) is 8.91. The van der Waals surface area contributed by atoms with Gasteiger partial charge in [-0.25, -0.2) is 0 Å². The highest BCUT2D eigenvalue weighted by molar-refractivity contribution is 6.42. The van der Waals surface area contributed by atoms with Crippen LogP contribution in [0.2, 0.25) is 10.0 Å². The summed E-state index contributed by atoms with van der Waals surface area (Å²) in [5, 5.41) is 4.13. The summed E-state index contributed by atoms with van der Waals surface area (Å²) in [5.74, 6) is -0.0466. The van der Waals surface area contributed by atoms with Gasteiger partial charge in [0.2, 0.25) is 0 Å². The first-order chi connectivity index (χ1) is 10.6. The van der Waals surface area contributed by atoms with Gasteiger partial charge in [0.25, 0.3) is 5.91 Å². The molecule has 5 heteroatoms. The second kappa shape index (κ2) is 7.20. The van der Waals surface area contributed by atoms with E-state index in [2.05, 4.69) is 10.2 Å². The fraction of sp³-hybridized carbons (Fsp3) is 0.588. The first-order valence-electron chi connectivity index (χ1n) is 8.15. The molecule has 1 amide bonds. The standard InChI is InChI=1S/C17H22Cl2N2O/c18-13-8-7-12(11-14(13)19)17(22)20-15-5-1-2-6-16(15)21-9-3-4-10-21/h7-8,11,15-16H,1-6,9-10H2,(H,20,22)/t15-,16+/m1/s1. The van der Waals surface area contributed by atoms with E-state index in [1.165, 1.54) is 45.2 Å². The zero-order chi connectivity index (χ0) is 15.5. The molecule has 1 aromatic rings. The van der Waals surface area contributed by atoms with Crippen LogP contribution in [-0.2, 0) is 0 Å². The van der Waals surface area contributed by atoms with Crippen molar-refractivity contribution >= 4 is 29.1 Å². The highest BCUT2D eigenvalue weighted by atomic mass is 35.5. The van der Waals surface area contributed by atoms with Crippen molar-refractivity contribution in [1.82, 2.24) is 10.2 Å². The predicted octanol–water partition coefficient (Wildman–Crippen LogP) is 4.13. The maximum absolute atomic E-state index is 12.5. The number of hydrogen-bond acceptors (Lipinski definition) is 2. The third-order valence-electron chi connectivity index (χ3n) is 4.84. The van der Waals surface area contributed by atoms with E-state index in [9.17, 15) is 4.79 Å². The third-order valence-corrected chi connectivity index (χ3v) is 5.58. The fourth-order valence-electron chi connectivity index (χ4n) is 3.68. The van der Waals surface area contributed by atoms with Crippen LogP contribution in [0.3, 0.4) is 0 Å². The Bertz CT molecular complexity index is 543. The van der Waals surface area contributed by atoms with E-state index in [0.717, 1.165) is 6.42 Å². The molecule has 1 N–H and O–H groups in total. The van der Waals surface area contributed by atoms with Crippen LogP contribution in [0, 0.1) is 0 Å². The number of nitrogens with one attached hydrogen (secondary N) is 1. The number of amides is 1. The maximum atomic E-state index is 12.5. The van der Waals surface area contributed by atoms with Crippen molar-refractivity contribution in [2.75, 3.05) is 13.1 Å².